The van der Waals surface area contributed by atoms with E-state index in [2.05, 4.69) is 10.3 Å². The number of benzene rings is 1. The minimum absolute atomic E-state index is 0.0429. The Balaban J connectivity index is 1.42. The number of piperazine rings is 1. The molecule has 0 radical (unpaired) electrons. The molecule has 1 aromatic carbocycles. The number of H-pyrrole nitrogens is 1. The largest absolute Gasteiger partial charge is 0.410 e. The van der Waals surface area contributed by atoms with Crippen LogP contribution in [0.4, 0.5) is 17.6 Å². The maximum Gasteiger partial charge on any atom is 0.410 e. The van der Waals surface area contributed by atoms with Gasteiger partial charge in [-0.2, -0.15) is 13.2 Å². The van der Waals surface area contributed by atoms with Gasteiger partial charge in [-0.15, -0.1) is 0 Å². The number of hydrogen-bond donors (Lipinski definition) is 2. The lowest BCUT2D eigenvalue weighted by atomic mass is 9.89. The maximum absolute atomic E-state index is 14.1. The molecule has 0 spiro atoms. The second-order valence-electron chi connectivity index (χ2n) is 9.32. The summed E-state index contributed by atoms with van der Waals surface area (Å²) in [6.45, 7) is 3.57. The Labute approximate surface area is 195 Å². The van der Waals surface area contributed by atoms with Crippen molar-refractivity contribution in [2.45, 2.75) is 70.3 Å². The van der Waals surface area contributed by atoms with Crippen molar-refractivity contribution in [2.75, 3.05) is 19.6 Å². The third-order valence-corrected chi connectivity index (χ3v) is 7.10. The minimum atomic E-state index is -4.49. The van der Waals surface area contributed by atoms with Gasteiger partial charge in [0.1, 0.15) is 17.6 Å². The van der Waals surface area contributed by atoms with E-state index in [1.807, 2.05) is 11.8 Å². The van der Waals surface area contributed by atoms with Crippen LogP contribution in [-0.2, 0) is 4.79 Å². The molecule has 2 N–H and O–H groups in total. The number of hydrogen-bond acceptors (Lipinski definition) is 3. The number of carbonyl (C=O) groups excluding carboxylic acids is 2. The first-order valence-electron chi connectivity index (χ1n) is 11.8. The number of rotatable bonds is 4. The SMILES string of the molecule is CCC(=O)N1CCN([C@@H]2CCC[C@@H](NC(=O)c3cc4c(F)ccc(C)c4[nH]3)C2)CC1C(F)(F)F. The van der Waals surface area contributed by atoms with Crippen molar-refractivity contribution in [3.05, 3.63) is 35.3 Å². The van der Waals surface area contributed by atoms with Crippen molar-refractivity contribution in [3.63, 3.8) is 0 Å². The highest BCUT2D eigenvalue weighted by molar-refractivity contribution is 5.99. The Hall–Kier alpha value is -2.62. The van der Waals surface area contributed by atoms with Crippen LogP contribution in [0.3, 0.4) is 0 Å². The van der Waals surface area contributed by atoms with Gasteiger partial charge in [-0.3, -0.25) is 14.5 Å². The zero-order valence-electron chi connectivity index (χ0n) is 19.3. The first-order valence-corrected chi connectivity index (χ1v) is 11.8. The summed E-state index contributed by atoms with van der Waals surface area (Å²) < 4.78 is 55.2. The highest BCUT2D eigenvalue weighted by atomic mass is 19.4. The standard InChI is InChI=1S/C24H30F4N4O2/c1-3-21(33)32-10-9-31(13-20(32)24(26,27)28)16-6-4-5-15(11-16)29-23(34)19-12-17-18(25)8-7-14(2)22(17)30-19/h7-8,12,15-16,20,30H,3-6,9-11,13H2,1-2H3,(H,29,34)/t15-,16-,20?/m1/s1. The third-order valence-electron chi connectivity index (χ3n) is 7.10. The fraction of sp³-hybridized carbons (Fsp3) is 0.583. The summed E-state index contributed by atoms with van der Waals surface area (Å²) in [6, 6.07) is 2.39. The van der Waals surface area contributed by atoms with E-state index in [0.717, 1.165) is 29.7 Å². The predicted octanol–water partition coefficient (Wildman–Crippen LogP) is 4.14. The Morgan fingerprint density at radius 2 is 1.97 bits per heavy atom. The number of aryl methyl sites for hydroxylation is 1. The normalized spacial score (nSPS) is 24.4. The fourth-order valence-corrected chi connectivity index (χ4v) is 5.25. The van der Waals surface area contributed by atoms with Crippen molar-refractivity contribution in [2.24, 2.45) is 0 Å². The summed E-state index contributed by atoms with van der Waals surface area (Å²) in [5.41, 5.74) is 1.66. The smallest absolute Gasteiger partial charge is 0.350 e. The van der Waals surface area contributed by atoms with Crippen molar-refractivity contribution in [1.82, 2.24) is 20.1 Å². The van der Waals surface area contributed by atoms with Crippen LogP contribution in [0.25, 0.3) is 10.9 Å². The lowest BCUT2D eigenvalue weighted by molar-refractivity contribution is -0.203. The molecule has 2 aromatic rings. The van der Waals surface area contributed by atoms with Crippen LogP contribution in [0.15, 0.2) is 18.2 Å². The Morgan fingerprint density at radius 1 is 1.21 bits per heavy atom. The topological polar surface area (TPSA) is 68.4 Å². The summed E-state index contributed by atoms with van der Waals surface area (Å²) in [5, 5.41) is 3.33. The number of aromatic amines is 1. The molecule has 186 valence electrons. The van der Waals surface area contributed by atoms with E-state index in [4.69, 9.17) is 0 Å². The van der Waals surface area contributed by atoms with Gasteiger partial charge in [0, 0.05) is 43.5 Å². The average molecular weight is 483 g/mol. The molecule has 2 amide bonds. The van der Waals surface area contributed by atoms with Gasteiger partial charge in [-0.25, -0.2) is 4.39 Å². The monoisotopic (exact) mass is 482 g/mol. The lowest BCUT2D eigenvalue weighted by Gasteiger charge is -2.46. The summed E-state index contributed by atoms with van der Waals surface area (Å²) in [5.74, 6) is -1.25. The van der Waals surface area contributed by atoms with Gasteiger partial charge in [-0.1, -0.05) is 13.0 Å². The summed E-state index contributed by atoms with van der Waals surface area (Å²) in [6.07, 6.45) is -1.66. The molecule has 1 aliphatic carbocycles. The highest BCUT2D eigenvalue weighted by Gasteiger charge is 2.49. The molecular weight excluding hydrogens is 452 g/mol. The van der Waals surface area contributed by atoms with Crippen molar-refractivity contribution < 1.29 is 27.2 Å². The summed E-state index contributed by atoms with van der Waals surface area (Å²) in [7, 11) is 0. The molecule has 34 heavy (non-hydrogen) atoms. The fourth-order valence-electron chi connectivity index (χ4n) is 5.25. The van der Waals surface area contributed by atoms with Crippen molar-refractivity contribution >= 4 is 22.7 Å². The number of aromatic nitrogens is 1. The molecule has 1 saturated carbocycles. The number of alkyl halides is 3. The molecule has 1 unspecified atom stereocenters. The maximum atomic E-state index is 14.1. The van der Waals surface area contributed by atoms with Crippen LogP contribution >= 0.6 is 0 Å². The van der Waals surface area contributed by atoms with E-state index in [9.17, 15) is 27.2 Å². The Kier molecular flexibility index (Phi) is 6.89. The summed E-state index contributed by atoms with van der Waals surface area (Å²) in [4.78, 5) is 30.7. The van der Waals surface area contributed by atoms with Gasteiger partial charge >= 0.3 is 6.18 Å². The quantitative estimate of drug-likeness (QED) is 0.644. The van der Waals surface area contributed by atoms with E-state index in [0.29, 0.717) is 23.9 Å². The van der Waals surface area contributed by atoms with Crippen LogP contribution in [0.1, 0.15) is 55.1 Å². The van der Waals surface area contributed by atoms with Gasteiger partial charge in [0.2, 0.25) is 5.91 Å². The van der Waals surface area contributed by atoms with E-state index < -0.39 is 23.9 Å². The molecule has 1 saturated heterocycles. The number of carbonyl (C=O) groups is 2. The molecule has 2 aliphatic rings. The van der Waals surface area contributed by atoms with E-state index in [1.165, 1.54) is 12.1 Å². The van der Waals surface area contributed by atoms with Crippen LogP contribution in [0.2, 0.25) is 0 Å². The van der Waals surface area contributed by atoms with Gasteiger partial charge in [0.15, 0.2) is 0 Å². The van der Waals surface area contributed by atoms with Gasteiger partial charge in [0.05, 0.1) is 5.52 Å². The third kappa shape index (κ3) is 4.92. The lowest BCUT2D eigenvalue weighted by Crippen LogP contribution is -2.63. The zero-order valence-corrected chi connectivity index (χ0v) is 19.3. The molecule has 1 aliphatic heterocycles. The Bertz CT molecular complexity index is 1030. The van der Waals surface area contributed by atoms with E-state index in [-0.39, 0.29) is 43.2 Å². The number of amides is 2. The predicted molar refractivity (Wildman–Crippen MR) is 120 cm³/mol. The van der Waals surface area contributed by atoms with Crippen molar-refractivity contribution in [1.29, 1.82) is 0 Å². The van der Waals surface area contributed by atoms with Crippen LogP contribution in [0, 0.1) is 12.7 Å². The number of nitrogens with one attached hydrogen (secondary N) is 2. The number of nitrogens with zero attached hydrogens (tertiary/aromatic N) is 2. The van der Waals surface area contributed by atoms with Gasteiger partial charge in [-0.05, 0) is 50.3 Å². The van der Waals surface area contributed by atoms with Crippen LogP contribution in [-0.4, -0.2) is 70.5 Å². The van der Waals surface area contributed by atoms with Crippen LogP contribution in [0.5, 0.6) is 0 Å². The second kappa shape index (κ2) is 9.56. The first kappa shape index (κ1) is 24.5. The molecular formula is C24H30F4N4O2. The molecule has 3 atom stereocenters. The zero-order chi connectivity index (χ0) is 24.6. The minimum Gasteiger partial charge on any atom is -0.350 e. The van der Waals surface area contributed by atoms with Gasteiger partial charge < -0.3 is 15.2 Å². The molecule has 2 heterocycles. The molecule has 6 nitrogen and oxygen atoms in total. The average Bonchev–Trinajstić information content (AvgIpc) is 3.27. The molecule has 0 bridgehead atoms. The molecule has 10 heteroatoms. The summed E-state index contributed by atoms with van der Waals surface area (Å²) >= 11 is 0. The highest BCUT2D eigenvalue weighted by Crippen LogP contribution is 2.32. The van der Waals surface area contributed by atoms with Crippen molar-refractivity contribution in [3.8, 4) is 0 Å². The molecule has 4 rings (SSSR count). The molecule has 1 aromatic heterocycles. The number of halogens is 4. The van der Waals surface area contributed by atoms with Crippen LogP contribution < -0.4 is 5.32 Å². The van der Waals surface area contributed by atoms with E-state index >= 15 is 0 Å². The van der Waals surface area contributed by atoms with E-state index in [1.54, 1.807) is 13.0 Å². The van der Waals surface area contributed by atoms with Gasteiger partial charge in [0.25, 0.3) is 5.91 Å². The Morgan fingerprint density at radius 3 is 2.65 bits per heavy atom. The first-order chi connectivity index (χ1) is 16.1. The molecule has 2 fully saturated rings. The second-order valence-corrected chi connectivity index (χ2v) is 9.32. The number of fused-ring (bicyclic) bond motifs is 1.